The Bertz CT molecular complexity index is 1070. The molecule has 0 saturated carbocycles. The molecule has 0 aliphatic carbocycles. The van der Waals surface area contributed by atoms with Crippen molar-refractivity contribution in [3.63, 3.8) is 0 Å². The molecular formula is C18H18N6O2S2. The van der Waals surface area contributed by atoms with Gasteiger partial charge in [0.05, 0.1) is 4.88 Å². The molecule has 3 amide bonds. The second-order valence-electron chi connectivity index (χ2n) is 6.30. The van der Waals surface area contributed by atoms with E-state index in [-0.39, 0.29) is 11.9 Å². The maximum Gasteiger partial charge on any atom is 0.321 e. The molecule has 28 heavy (non-hydrogen) atoms. The second-order valence-corrected chi connectivity index (χ2v) is 7.63. The number of nitrogens with zero attached hydrogens (tertiary/aromatic N) is 3. The van der Waals surface area contributed by atoms with Crippen LogP contribution in [0.5, 0.6) is 0 Å². The van der Waals surface area contributed by atoms with Gasteiger partial charge in [-0.1, -0.05) is 12.1 Å². The highest BCUT2D eigenvalue weighted by Gasteiger charge is 2.23. The molecule has 4 rings (SSSR count). The Labute approximate surface area is 170 Å². The van der Waals surface area contributed by atoms with Gasteiger partial charge < -0.3 is 10.6 Å². The quantitative estimate of drug-likeness (QED) is 0.558. The van der Waals surface area contributed by atoms with Crippen molar-refractivity contribution in [2.24, 2.45) is 0 Å². The van der Waals surface area contributed by atoms with Gasteiger partial charge in [-0.05, 0) is 48.8 Å². The van der Waals surface area contributed by atoms with Crippen LogP contribution >= 0.6 is 23.6 Å². The molecule has 1 saturated heterocycles. The first kappa shape index (κ1) is 18.4. The standard InChI is InChI=1S/C18H18N6O2S2/c1-11(24-15(21-22-18(24)27)14-6-3-9-28-14)16(25)20-12-4-2-5-13(10-12)23-8-7-19-17(23)26/h2-6,9-11H,7-8H2,1H3,(H,19,26)(H,20,25)(H,22,27). The SMILES string of the molecule is CC(C(=O)Nc1cccc(N2CCNC2=O)c1)n1c(-c2cccs2)n[nH]c1=S. The molecule has 3 heterocycles. The Kier molecular flexibility index (Phi) is 4.97. The first-order chi connectivity index (χ1) is 13.5. The minimum atomic E-state index is -0.568. The number of amides is 3. The third-order valence-corrected chi connectivity index (χ3v) is 5.65. The molecule has 8 nitrogen and oxygen atoms in total. The van der Waals surface area contributed by atoms with Crippen molar-refractivity contribution >= 4 is 46.9 Å². The molecular weight excluding hydrogens is 396 g/mol. The Balaban J connectivity index is 1.56. The number of anilines is 2. The van der Waals surface area contributed by atoms with Crippen LogP contribution in [0.15, 0.2) is 41.8 Å². The van der Waals surface area contributed by atoms with Crippen molar-refractivity contribution < 1.29 is 9.59 Å². The molecule has 3 N–H and O–H groups in total. The fourth-order valence-corrected chi connectivity index (χ4v) is 4.08. The number of nitrogens with one attached hydrogen (secondary N) is 3. The van der Waals surface area contributed by atoms with Crippen molar-refractivity contribution in [1.82, 2.24) is 20.1 Å². The molecule has 1 aliphatic rings. The molecule has 1 unspecified atom stereocenters. The van der Waals surface area contributed by atoms with Crippen LogP contribution in [-0.2, 0) is 4.79 Å². The Morgan fingerprint density at radius 1 is 1.36 bits per heavy atom. The number of aromatic nitrogens is 3. The number of aromatic amines is 1. The number of rotatable bonds is 5. The van der Waals surface area contributed by atoms with E-state index >= 15 is 0 Å². The smallest absolute Gasteiger partial charge is 0.321 e. The van der Waals surface area contributed by atoms with Crippen LogP contribution in [0.25, 0.3) is 10.7 Å². The minimum absolute atomic E-state index is 0.137. The van der Waals surface area contributed by atoms with Gasteiger partial charge in [0.2, 0.25) is 5.91 Å². The van der Waals surface area contributed by atoms with Crippen molar-refractivity contribution in [2.45, 2.75) is 13.0 Å². The van der Waals surface area contributed by atoms with E-state index in [2.05, 4.69) is 20.8 Å². The van der Waals surface area contributed by atoms with Crippen LogP contribution in [0.1, 0.15) is 13.0 Å². The van der Waals surface area contributed by atoms with Crippen molar-refractivity contribution in [3.05, 3.63) is 46.5 Å². The number of urea groups is 1. The summed E-state index contributed by atoms with van der Waals surface area (Å²) in [4.78, 5) is 27.3. The number of hydrogen-bond donors (Lipinski definition) is 3. The van der Waals surface area contributed by atoms with Crippen LogP contribution in [0.2, 0.25) is 0 Å². The molecule has 0 bridgehead atoms. The van der Waals surface area contributed by atoms with E-state index in [1.807, 2.05) is 29.6 Å². The van der Waals surface area contributed by atoms with E-state index in [0.29, 0.717) is 29.4 Å². The summed E-state index contributed by atoms with van der Waals surface area (Å²) < 4.78 is 2.09. The number of benzene rings is 1. The summed E-state index contributed by atoms with van der Waals surface area (Å²) in [6.45, 7) is 2.98. The average molecular weight is 415 g/mol. The van der Waals surface area contributed by atoms with Gasteiger partial charge in [0.1, 0.15) is 6.04 Å². The fourth-order valence-electron chi connectivity index (χ4n) is 3.08. The second kappa shape index (κ2) is 7.56. The van der Waals surface area contributed by atoms with E-state index in [4.69, 9.17) is 12.2 Å². The average Bonchev–Trinajstić information content (AvgIpc) is 3.42. The van der Waals surface area contributed by atoms with Crippen molar-refractivity contribution in [2.75, 3.05) is 23.3 Å². The number of carbonyl (C=O) groups is 2. The van der Waals surface area contributed by atoms with Crippen LogP contribution in [0, 0.1) is 4.77 Å². The van der Waals surface area contributed by atoms with Gasteiger partial charge in [-0.3, -0.25) is 19.4 Å². The minimum Gasteiger partial charge on any atom is -0.336 e. The lowest BCUT2D eigenvalue weighted by atomic mass is 10.2. The molecule has 10 heteroatoms. The Morgan fingerprint density at radius 3 is 2.93 bits per heavy atom. The van der Waals surface area contributed by atoms with E-state index in [1.165, 1.54) is 11.3 Å². The highest BCUT2D eigenvalue weighted by atomic mass is 32.1. The van der Waals surface area contributed by atoms with Gasteiger partial charge in [-0.2, -0.15) is 5.10 Å². The topological polar surface area (TPSA) is 95.1 Å². The molecule has 144 valence electrons. The summed E-state index contributed by atoms with van der Waals surface area (Å²) in [6.07, 6.45) is 0. The maximum atomic E-state index is 12.9. The lowest BCUT2D eigenvalue weighted by molar-refractivity contribution is -0.118. The highest BCUT2D eigenvalue weighted by Crippen LogP contribution is 2.27. The van der Waals surface area contributed by atoms with Crippen LogP contribution in [0.3, 0.4) is 0 Å². The summed E-state index contributed by atoms with van der Waals surface area (Å²) in [5.74, 6) is 0.406. The Hall–Kier alpha value is -2.98. The summed E-state index contributed by atoms with van der Waals surface area (Å²) in [6, 6.07) is 10.4. The zero-order valence-electron chi connectivity index (χ0n) is 15.0. The van der Waals surface area contributed by atoms with Gasteiger partial charge in [0.15, 0.2) is 10.6 Å². The number of hydrogen-bond acceptors (Lipinski definition) is 5. The highest BCUT2D eigenvalue weighted by molar-refractivity contribution is 7.71. The molecule has 1 fully saturated rings. The molecule has 3 aromatic rings. The van der Waals surface area contributed by atoms with Crippen molar-refractivity contribution in [3.8, 4) is 10.7 Å². The van der Waals surface area contributed by atoms with Crippen molar-refractivity contribution in [1.29, 1.82) is 0 Å². The third kappa shape index (κ3) is 3.43. The molecule has 0 spiro atoms. The number of H-pyrrole nitrogens is 1. The predicted octanol–water partition coefficient (Wildman–Crippen LogP) is 3.40. The van der Waals surface area contributed by atoms with Gasteiger partial charge in [-0.25, -0.2) is 4.79 Å². The molecule has 1 atom stereocenters. The molecule has 2 aromatic heterocycles. The molecule has 1 aromatic carbocycles. The summed E-state index contributed by atoms with van der Waals surface area (Å²) >= 11 is 6.86. The Morgan fingerprint density at radius 2 is 2.21 bits per heavy atom. The normalized spacial score (nSPS) is 14.8. The van der Waals surface area contributed by atoms with Gasteiger partial charge in [0.25, 0.3) is 0 Å². The summed E-state index contributed by atoms with van der Waals surface area (Å²) in [5, 5.41) is 14.7. The first-order valence-electron chi connectivity index (χ1n) is 8.71. The largest absolute Gasteiger partial charge is 0.336 e. The van der Waals surface area contributed by atoms with Gasteiger partial charge >= 0.3 is 6.03 Å². The molecule has 1 aliphatic heterocycles. The number of carbonyl (C=O) groups excluding carboxylic acids is 2. The van der Waals surface area contributed by atoms with Gasteiger partial charge in [0, 0.05) is 24.5 Å². The van der Waals surface area contributed by atoms with E-state index in [1.54, 1.807) is 28.5 Å². The van der Waals surface area contributed by atoms with Crippen LogP contribution in [0.4, 0.5) is 16.2 Å². The summed E-state index contributed by atoms with van der Waals surface area (Å²) in [5.41, 5.74) is 1.35. The van der Waals surface area contributed by atoms with E-state index < -0.39 is 6.04 Å². The third-order valence-electron chi connectivity index (χ3n) is 4.49. The van der Waals surface area contributed by atoms with Crippen LogP contribution in [-0.4, -0.2) is 39.8 Å². The first-order valence-corrected chi connectivity index (χ1v) is 10.0. The van der Waals surface area contributed by atoms with E-state index in [0.717, 1.165) is 10.6 Å². The monoisotopic (exact) mass is 414 g/mol. The zero-order chi connectivity index (χ0) is 19.7. The summed E-state index contributed by atoms with van der Waals surface area (Å²) in [7, 11) is 0. The maximum absolute atomic E-state index is 12.9. The predicted molar refractivity (Wildman–Crippen MR) is 111 cm³/mol. The van der Waals surface area contributed by atoms with Gasteiger partial charge in [-0.15, -0.1) is 11.3 Å². The lowest BCUT2D eigenvalue weighted by Gasteiger charge is -2.18. The fraction of sp³-hybridized carbons (Fsp3) is 0.222. The lowest BCUT2D eigenvalue weighted by Crippen LogP contribution is -2.28. The van der Waals surface area contributed by atoms with E-state index in [9.17, 15) is 9.59 Å². The number of thiophene rings is 1. The molecule has 0 radical (unpaired) electrons. The van der Waals surface area contributed by atoms with Crippen LogP contribution < -0.4 is 15.5 Å². The zero-order valence-corrected chi connectivity index (χ0v) is 16.6.